The van der Waals surface area contributed by atoms with Crippen LogP contribution in [0.25, 0.3) is 0 Å². The second-order valence-corrected chi connectivity index (χ2v) is 6.65. The summed E-state index contributed by atoms with van der Waals surface area (Å²) in [6.45, 7) is 4.50. The second-order valence-electron chi connectivity index (χ2n) is 6.65. The van der Waals surface area contributed by atoms with E-state index in [2.05, 4.69) is 41.8 Å². The molecule has 0 fully saturated rings. The Morgan fingerprint density at radius 3 is 3.08 bits per heavy atom. The average molecular weight is 321 g/mol. The number of carbonyl (C=O) groups excluding carboxylic acids is 1. The van der Waals surface area contributed by atoms with Gasteiger partial charge in [0.1, 0.15) is 0 Å². The summed E-state index contributed by atoms with van der Waals surface area (Å²) in [6, 6.07) is 12.6. The van der Waals surface area contributed by atoms with Crippen molar-refractivity contribution in [2.45, 2.75) is 32.7 Å². The van der Waals surface area contributed by atoms with E-state index in [1.807, 2.05) is 17.0 Å². The number of carbonyl (C=O) groups is 1. The molecule has 0 saturated heterocycles. The van der Waals surface area contributed by atoms with E-state index in [4.69, 9.17) is 0 Å². The molecular weight excluding hydrogens is 298 g/mol. The van der Waals surface area contributed by atoms with Gasteiger partial charge in [-0.2, -0.15) is 0 Å². The minimum Gasteiger partial charge on any atom is -0.385 e. The molecule has 0 radical (unpaired) electrons. The van der Waals surface area contributed by atoms with E-state index in [0.717, 1.165) is 37.2 Å². The van der Waals surface area contributed by atoms with E-state index in [1.165, 1.54) is 28.8 Å². The van der Waals surface area contributed by atoms with E-state index >= 15 is 0 Å². The van der Waals surface area contributed by atoms with Gasteiger partial charge in [-0.3, -0.25) is 4.90 Å². The molecule has 0 saturated carbocycles. The van der Waals surface area contributed by atoms with Gasteiger partial charge in [-0.25, -0.2) is 4.79 Å². The van der Waals surface area contributed by atoms with Crippen molar-refractivity contribution < 1.29 is 4.79 Å². The molecule has 24 heavy (non-hydrogen) atoms. The second kappa shape index (κ2) is 6.19. The SMILES string of the molecule is Cc1cccc2c1CCN2C(=O)NCc1ccc2c(c1)CCCN2. The van der Waals surface area contributed by atoms with Gasteiger partial charge in [0.15, 0.2) is 0 Å². The summed E-state index contributed by atoms with van der Waals surface area (Å²) in [7, 11) is 0. The number of benzene rings is 2. The lowest BCUT2D eigenvalue weighted by molar-refractivity contribution is 0.246. The first-order valence-corrected chi connectivity index (χ1v) is 8.72. The largest absolute Gasteiger partial charge is 0.385 e. The molecule has 4 rings (SSSR count). The molecule has 124 valence electrons. The lowest BCUT2D eigenvalue weighted by Gasteiger charge is -2.20. The zero-order chi connectivity index (χ0) is 16.5. The molecule has 2 heterocycles. The predicted molar refractivity (Wildman–Crippen MR) is 97.7 cm³/mol. The molecule has 2 N–H and O–H groups in total. The van der Waals surface area contributed by atoms with Crippen LogP contribution in [0.15, 0.2) is 36.4 Å². The maximum atomic E-state index is 12.6. The third kappa shape index (κ3) is 2.73. The summed E-state index contributed by atoms with van der Waals surface area (Å²) in [5, 5.41) is 6.49. The number of hydrogen-bond acceptors (Lipinski definition) is 2. The zero-order valence-electron chi connectivity index (χ0n) is 14.1. The first-order chi connectivity index (χ1) is 11.7. The zero-order valence-corrected chi connectivity index (χ0v) is 14.1. The smallest absolute Gasteiger partial charge is 0.322 e. The standard InChI is InChI=1S/C20H23N3O/c1-14-4-2-6-19-17(14)9-11-23(19)20(24)22-13-15-7-8-18-16(12-15)5-3-10-21-18/h2,4,6-8,12,21H,3,5,9-11,13H2,1H3,(H,22,24). The monoisotopic (exact) mass is 321 g/mol. The van der Waals surface area contributed by atoms with Crippen LogP contribution in [0.1, 0.15) is 28.7 Å². The number of hydrogen-bond donors (Lipinski definition) is 2. The Bertz CT molecular complexity index is 784. The molecule has 0 aromatic heterocycles. The quantitative estimate of drug-likeness (QED) is 0.887. The van der Waals surface area contributed by atoms with E-state index in [1.54, 1.807) is 0 Å². The fraction of sp³-hybridized carbons (Fsp3) is 0.350. The number of rotatable bonds is 2. The predicted octanol–water partition coefficient (Wildman–Crippen LogP) is 3.63. The fourth-order valence-corrected chi connectivity index (χ4v) is 3.73. The molecular formula is C20H23N3O. The Morgan fingerprint density at radius 2 is 2.17 bits per heavy atom. The maximum absolute atomic E-state index is 12.6. The molecule has 2 aromatic rings. The lowest BCUT2D eigenvalue weighted by Crippen LogP contribution is -2.38. The van der Waals surface area contributed by atoms with Crippen molar-refractivity contribution in [3.8, 4) is 0 Å². The average Bonchev–Trinajstić information content (AvgIpc) is 3.05. The van der Waals surface area contributed by atoms with Crippen molar-refractivity contribution in [2.75, 3.05) is 23.3 Å². The lowest BCUT2D eigenvalue weighted by atomic mass is 10.0. The molecule has 4 nitrogen and oxygen atoms in total. The Kier molecular flexibility index (Phi) is 3.89. The van der Waals surface area contributed by atoms with Gasteiger partial charge < -0.3 is 10.6 Å². The summed E-state index contributed by atoms with van der Waals surface area (Å²) in [5.41, 5.74) is 7.38. The Balaban J connectivity index is 1.44. The van der Waals surface area contributed by atoms with Crippen LogP contribution in [0, 0.1) is 6.92 Å². The van der Waals surface area contributed by atoms with E-state index < -0.39 is 0 Å². The molecule has 2 aliphatic rings. The van der Waals surface area contributed by atoms with Gasteiger partial charge in [-0.1, -0.05) is 24.3 Å². The highest BCUT2D eigenvalue weighted by atomic mass is 16.2. The molecule has 0 atom stereocenters. The molecule has 0 spiro atoms. The van der Waals surface area contributed by atoms with Crippen LogP contribution in [0.4, 0.5) is 16.2 Å². The molecule has 2 amide bonds. The molecule has 0 aliphatic carbocycles. The Labute approximate surface area is 142 Å². The van der Waals surface area contributed by atoms with Crippen LogP contribution < -0.4 is 15.5 Å². The van der Waals surface area contributed by atoms with Crippen LogP contribution in [-0.2, 0) is 19.4 Å². The van der Waals surface area contributed by atoms with Crippen LogP contribution in [-0.4, -0.2) is 19.1 Å². The van der Waals surface area contributed by atoms with Crippen LogP contribution >= 0.6 is 0 Å². The van der Waals surface area contributed by atoms with Gasteiger partial charge in [-0.15, -0.1) is 0 Å². The van der Waals surface area contributed by atoms with Gasteiger partial charge in [0.2, 0.25) is 0 Å². The summed E-state index contributed by atoms with van der Waals surface area (Å²) < 4.78 is 0. The van der Waals surface area contributed by atoms with Gasteiger partial charge in [0, 0.05) is 31.0 Å². The normalized spacial score (nSPS) is 15.5. The Hall–Kier alpha value is -2.49. The topological polar surface area (TPSA) is 44.4 Å². The van der Waals surface area contributed by atoms with Crippen molar-refractivity contribution in [2.24, 2.45) is 0 Å². The number of nitrogens with zero attached hydrogens (tertiary/aromatic N) is 1. The number of fused-ring (bicyclic) bond motifs is 2. The number of anilines is 2. The number of nitrogens with one attached hydrogen (secondary N) is 2. The van der Waals surface area contributed by atoms with E-state index in [0.29, 0.717) is 6.54 Å². The summed E-state index contributed by atoms with van der Waals surface area (Å²) in [6.07, 6.45) is 3.23. The van der Waals surface area contributed by atoms with Crippen LogP contribution in [0.2, 0.25) is 0 Å². The molecule has 0 unspecified atom stereocenters. The highest BCUT2D eigenvalue weighted by Crippen LogP contribution is 2.30. The van der Waals surface area contributed by atoms with Crippen LogP contribution in [0.5, 0.6) is 0 Å². The van der Waals surface area contributed by atoms with Crippen molar-refractivity contribution >= 4 is 17.4 Å². The Morgan fingerprint density at radius 1 is 1.25 bits per heavy atom. The molecule has 2 aromatic carbocycles. The fourth-order valence-electron chi connectivity index (χ4n) is 3.73. The van der Waals surface area contributed by atoms with Gasteiger partial charge in [-0.05, 0) is 60.6 Å². The number of amides is 2. The first kappa shape index (κ1) is 15.1. The number of urea groups is 1. The minimum atomic E-state index is -0.00445. The minimum absolute atomic E-state index is 0.00445. The van der Waals surface area contributed by atoms with Gasteiger partial charge in [0.05, 0.1) is 0 Å². The maximum Gasteiger partial charge on any atom is 0.322 e. The van der Waals surface area contributed by atoms with Crippen molar-refractivity contribution in [3.05, 3.63) is 58.7 Å². The van der Waals surface area contributed by atoms with Gasteiger partial charge in [0.25, 0.3) is 0 Å². The van der Waals surface area contributed by atoms with Gasteiger partial charge >= 0.3 is 6.03 Å². The highest BCUT2D eigenvalue weighted by molar-refractivity contribution is 5.94. The third-order valence-electron chi connectivity index (χ3n) is 5.06. The summed E-state index contributed by atoms with van der Waals surface area (Å²) >= 11 is 0. The van der Waals surface area contributed by atoms with Crippen molar-refractivity contribution in [1.29, 1.82) is 0 Å². The van der Waals surface area contributed by atoms with Crippen molar-refractivity contribution in [3.63, 3.8) is 0 Å². The van der Waals surface area contributed by atoms with Crippen molar-refractivity contribution in [1.82, 2.24) is 5.32 Å². The highest BCUT2D eigenvalue weighted by Gasteiger charge is 2.25. The molecule has 0 bridgehead atoms. The molecule has 2 aliphatic heterocycles. The van der Waals surface area contributed by atoms with E-state index in [-0.39, 0.29) is 6.03 Å². The third-order valence-corrected chi connectivity index (χ3v) is 5.06. The van der Waals surface area contributed by atoms with E-state index in [9.17, 15) is 4.79 Å². The summed E-state index contributed by atoms with van der Waals surface area (Å²) in [5.74, 6) is 0. The summed E-state index contributed by atoms with van der Waals surface area (Å²) in [4.78, 5) is 14.4. The molecule has 4 heteroatoms. The first-order valence-electron chi connectivity index (χ1n) is 8.72. The number of aryl methyl sites for hydroxylation is 2. The van der Waals surface area contributed by atoms with Crippen LogP contribution in [0.3, 0.4) is 0 Å².